The van der Waals surface area contributed by atoms with Gasteiger partial charge in [0.15, 0.2) is 12.6 Å². The van der Waals surface area contributed by atoms with Crippen molar-refractivity contribution in [2.45, 2.75) is 105 Å². The molecule has 45 heavy (non-hydrogen) atoms. The number of hydrogen-bond donors (Lipinski definition) is 9. The number of benzene rings is 1. The lowest BCUT2D eigenvalue weighted by molar-refractivity contribution is -0.309. The monoisotopic (exact) mass is 640 g/mol. The fourth-order valence-corrected chi connectivity index (χ4v) is 6.33. The van der Waals surface area contributed by atoms with Crippen LogP contribution in [0.4, 0.5) is 0 Å². The maximum atomic E-state index is 11.8. The summed E-state index contributed by atoms with van der Waals surface area (Å²) < 4.78 is 25.0. The van der Waals surface area contributed by atoms with Crippen LogP contribution in [-0.2, 0) is 30.4 Å². The molecule has 3 aliphatic rings. The van der Waals surface area contributed by atoms with Gasteiger partial charge in [-0.15, -0.1) is 0 Å². The van der Waals surface area contributed by atoms with Gasteiger partial charge in [0, 0.05) is 18.6 Å². The molecule has 1 aromatic carbocycles. The normalized spacial score (nSPS) is 40.9. The lowest BCUT2D eigenvalue weighted by atomic mass is 9.83. The van der Waals surface area contributed by atoms with Crippen molar-refractivity contribution in [3.05, 3.63) is 35.9 Å². The van der Waals surface area contributed by atoms with E-state index in [2.05, 4.69) is 31.7 Å². The van der Waals surface area contributed by atoms with E-state index < -0.39 is 67.5 Å². The van der Waals surface area contributed by atoms with Crippen LogP contribution in [0.5, 0.6) is 0 Å². The molecule has 2 saturated heterocycles. The van der Waals surface area contributed by atoms with Crippen LogP contribution in [0.25, 0.3) is 0 Å². The number of likely N-dealkylation sites (N-methyl/N-ethyl adjacent to an activating group) is 5. The summed E-state index contributed by atoms with van der Waals surface area (Å²) in [6.07, 6.45) is -7.12. The van der Waals surface area contributed by atoms with E-state index in [-0.39, 0.29) is 24.7 Å². The summed E-state index contributed by atoms with van der Waals surface area (Å²) in [5.41, 5.74) is 0.930. The molecule has 0 aromatic heterocycles. The van der Waals surface area contributed by atoms with Crippen molar-refractivity contribution < 1.29 is 44.2 Å². The summed E-state index contributed by atoms with van der Waals surface area (Å²) in [7, 11) is 8.73. The molecule has 2 heterocycles. The number of aliphatic hydroxyl groups is 4. The Kier molecular flexibility index (Phi) is 13.9. The molecule has 15 nitrogen and oxygen atoms in total. The maximum absolute atomic E-state index is 11.8. The third-order valence-corrected chi connectivity index (χ3v) is 8.97. The highest BCUT2D eigenvalue weighted by molar-refractivity contribution is 5.63. The zero-order valence-corrected chi connectivity index (χ0v) is 26.7. The molecule has 3 fully saturated rings. The Hall–Kier alpha value is -1.83. The highest BCUT2D eigenvalue weighted by Gasteiger charge is 2.51. The van der Waals surface area contributed by atoms with Crippen LogP contribution in [0.1, 0.15) is 18.4 Å². The zero-order chi connectivity index (χ0) is 32.5. The largest absolute Gasteiger partial charge is 0.391 e. The van der Waals surface area contributed by atoms with Gasteiger partial charge < -0.3 is 70.8 Å². The molecule has 14 unspecified atom stereocenters. The van der Waals surface area contributed by atoms with Crippen molar-refractivity contribution in [3.8, 4) is 0 Å². The van der Waals surface area contributed by atoms with Crippen molar-refractivity contribution in [2.75, 3.05) is 41.8 Å². The second-order valence-corrected chi connectivity index (χ2v) is 11.8. The smallest absolute Gasteiger partial charge is 0.186 e. The minimum atomic E-state index is -1.27. The van der Waals surface area contributed by atoms with Crippen molar-refractivity contribution in [1.29, 1.82) is 0 Å². The van der Waals surface area contributed by atoms with Crippen molar-refractivity contribution in [3.63, 3.8) is 0 Å². The van der Waals surface area contributed by atoms with Crippen molar-refractivity contribution in [1.82, 2.24) is 26.6 Å². The molecule has 14 atom stereocenters. The molecular formula is C30H52N6O9. The molecule has 1 saturated carbocycles. The number of ether oxygens (including phenoxy) is 4. The summed E-state index contributed by atoms with van der Waals surface area (Å²) in [6.45, 7) is 0.670. The summed E-state index contributed by atoms with van der Waals surface area (Å²) in [5, 5.41) is 64.0. The predicted octanol–water partition coefficient (Wildman–Crippen LogP) is -2.78. The Morgan fingerprint density at radius 1 is 0.778 bits per heavy atom. The number of aliphatic hydroxyl groups excluding tert-OH is 4. The summed E-state index contributed by atoms with van der Waals surface area (Å²) in [6, 6.07) is 7.77. The summed E-state index contributed by atoms with van der Waals surface area (Å²) in [4.78, 5) is 5.41. The van der Waals surface area contributed by atoms with Gasteiger partial charge in [0.25, 0.3) is 0 Å². The first kappa shape index (κ1) is 36.0. The molecule has 1 aromatic rings. The van der Waals surface area contributed by atoms with Crippen molar-refractivity contribution in [2.24, 2.45) is 5.16 Å². The van der Waals surface area contributed by atoms with E-state index in [1.54, 1.807) is 35.2 Å². The minimum Gasteiger partial charge on any atom is -0.391 e. The van der Waals surface area contributed by atoms with Gasteiger partial charge in [0.1, 0.15) is 43.2 Å². The fourth-order valence-electron chi connectivity index (χ4n) is 6.33. The van der Waals surface area contributed by atoms with Gasteiger partial charge in [-0.3, -0.25) is 0 Å². The number of nitrogens with zero attached hydrogens (tertiary/aromatic N) is 1. The molecule has 1 aliphatic carbocycles. The molecule has 256 valence electrons. The topological polar surface area (TPSA) is 200 Å². The van der Waals surface area contributed by atoms with Gasteiger partial charge in [-0.05, 0) is 53.6 Å². The highest BCUT2D eigenvalue weighted by atomic mass is 16.7. The van der Waals surface area contributed by atoms with E-state index in [4.69, 9.17) is 23.8 Å². The first-order chi connectivity index (χ1) is 21.8. The first-order valence-corrected chi connectivity index (χ1v) is 15.6. The number of oxime groups is 1. The third kappa shape index (κ3) is 8.75. The Labute approximate surface area is 265 Å². The Balaban J connectivity index is 1.48. The molecule has 0 radical (unpaired) electrons. The minimum absolute atomic E-state index is 0.234. The average Bonchev–Trinajstić information content (AvgIpc) is 3.05. The Morgan fingerprint density at radius 3 is 2.02 bits per heavy atom. The second kappa shape index (κ2) is 17.4. The van der Waals surface area contributed by atoms with Gasteiger partial charge in [0.05, 0.1) is 30.5 Å². The summed E-state index contributed by atoms with van der Waals surface area (Å²) >= 11 is 0. The molecule has 15 heteroatoms. The molecule has 9 N–H and O–H groups in total. The average molecular weight is 641 g/mol. The number of hydrogen-bond acceptors (Lipinski definition) is 15. The van der Waals surface area contributed by atoms with Gasteiger partial charge in [-0.2, -0.15) is 0 Å². The number of rotatable bonds is 14. The van der Waals surface area contributed by atoms with E-state index in [1.807, 2.05) is 30.3 Å². The van der Waals surface area contributed by atoms with Crippen LogP contribution in [0.15, 0.2) is 35.5 Å². The van der Waals surface area contributed by atoms with Crippen LogP contribution in [-0.4, -0.2) is 154 Å². The molecule has 4 rings (SSSR count). The van der Waals surface area contributed by atoms with E-state index in [0.29, 0.717) is 19.4 Å². The SMILES string of the molecule is CNCC1OC(OC2C(NC)CC(NC)C(OC3OC(/C=N\OCc4ccccc4)C(O)C(NC)C3O)C2O)C(NC)CC1O. The molecule has 2 aliphatic heterocycles. The molecule has 0 spiro atoms. The highest BCUT2D eigenvalue weighted by Crippen LogP contribution is 2.32. The Bertz CT molecular complexity index is 1030. The van der Waals surface area contributed by atoms with E-state index in [1.165, 1.54) is 6.21 Å². The zero-order valence-electron chi connectivity index (χ0n) is 26.7. The lowest BCUT2D eigenvalue weighted by Gasteiger charge is -2.49. The van der Waals surface area contributed by atoms with Gasteiger partial charge >= 0.3 is 0 Å². The summed E-state index contributed by atoms with van der Waals surface area (Å²) in [5.74, 6) is 0. The van der Waals surface area contributed by atoms with Crippen LogP contribution in [0.2, 0.25) is 0 Å². The lowest BCUT2D eigenvalue weighted by Crippen LogP contribution is -2.68. The second-order valence-electron chi connectivity index (χ2n) is 11.8. The van der Waals surface area contributed by atoms with Gasteiger partial charge in [0.2, 0.25) is 0 Å². The molecular weight excluding hydrogens is 588 g/mol. The Morgan fingerprint density at radius 2 is 1.42 bits per heavy atom. The van der Waals surface area contributed by atoms with Crippen LogP contribution >= 0.6 is 0 Å². The van der Waals surface area contributed by atoms with Gasteiger partial charge in [-0.25, -0.2) is 0 Å². The molecule has 0 bridgehead atoms. The van der Waals surface area contributed by atoms with Crippen LogP contribution in [0.3, 0.4) is 0 Å². The number of nitrogens with one attached hydrogen (secondary N) is 5. The standard InChI is InChI=1S/C30H52N6O9/c1-31-13-21-20(37)12-19(34-4)29(42-21)44-27-17(32-2)11-18(33-3)28(26(27)40)45-30-25(39)23(35-5)24(38)22(43-30)14-36-41-15-16-9-7-6-8-10-16/h6-10,14,17-35,37-40H,11-13,15H2,1-5H3/b36-14-. The van der Waals surface area contributed by atoms with E-state index >= 15 is 0 Å². The van der Waals surface area contributed by atoms with Crippen LogP contribution in [0, 0.1) is 0 Å². The molecule has 0 amide bonds. The van der Waals surface area contributed by atoms with E-state index in [9.17, 15) is 20.4 Å². The maximum Gasteiger partial charge on any atom is 0.186 e. The van der Waals surface area contributed by atoms with Crippen molar-refractivity contribution >= 4 is 6.21 Å². The quantitative estimate of drug-likeness (QED) is 0.0747. The third-order valence-electron chi connectivity index (χ3n) is 8.97. The van der Waals surface area contributed by atoms with E-state index in [0.717, 1.165) is 5.56 Å². The first-order valence-electron chi connectivity index (χ1n) is 15.6. The van der Waals surface area contributed by atoms with Crippen LogP contribution < -0.4 is 26.6 Å². The predicted molar refractivity (Wildman–Crippen MR) is 165 cm³/mol. The fraction of sp³-hybridized carbons (Fsp3) is 0.767. The van der Waals surface area contributed by atoms with Gasteiger partial charge in [-0.1, -0.05) is 35.5 Å².